The maximum absolute atomic E-state index is 11.5. The molecule has 0 amide bonds. The predicted molar refractivity (Wildman–Crippen MR) is 56.6 cm³/mol. The lowest BCUT2D eigenvalue weighted by Crippen LogP contribution is -2.08. The Morgan fingerprint density at radius 1 is 1.57 bits per heavy atom. The van der Waals surface area contributed by atoms with Crippen LogP contribution in [0.4, 0.5) is 0 Å². The third-order valence-electron chi connectivity index (χ3n) is 1.89. The third-order valence-corrected chi connectivity index (χ3v) is 2.45. The summed E-state index contributed by atoms with van der Waals surface area (Å²) in [6.07, 6.45) is 1.62. The highest BCUT2D eigenvalue weighted by molar-refractivity contribution is 9.10. The molecule has 0 bridgehead atoms. The molecule has 0 atom stereocenters. The minimum atomic E-state index is -0.180. The largest absolute Gasteiger partial charge is 0.492 e. The van der Waals surface area contributed by atoms with Crippen molar-refractivity contribution in [3.63, 3.8) is 0 Å². The van der Waals surface area contributed by atoms with Crippen molar-refractivity contribution in [2.24, 2.45) is 0 Å². The van der Waals surface area contributed by atoms with E-state index in [2.05, 4.69) is 25.9 Å². The molecule has 2 aromatic heterocycles. The number of methoxy groups -OCH3 is 1. The minimum Gasteiger partial charge on any atom is -0.492 e. The highest BCUT2D eigenvalue weighted by Gasteiger charge is 2.09. The Kier molecular flexibility index (Phi) is 2.25. The van der Waals surface area contributed by atoms with Crippen molar-refractivity contribution in [3.8, 4) is 5.75 Å². The Morgan fingerprint density at radius 2 is 2.36 bits per heavy atom. The van der Waals surface area contributed by atoms with Gasteiger partial charge in [0.15, 0.2) is 5.75 Å². The van der Waals surface area contributed by atoms with E-state index >= 15 is 0 Å². The van der Waals surface area contributed by atoms with Crippen molar-refractivity contribution >= 4 is 26.8 Å². The van der Waals surface area contributed by atoms with Crippen LogP contribution in [0.3, 0.4) is 0 Å². The smallest absolute Gasteiger partial charge is 0.258 e. The van der Waals surface area contributed by atoms with E-state index < -0.39 is 0 Å². The van der Waals surface area contributed by atoms with Crippen LogP contribution in [0.2, 0.25) is 0 Å². The second kappa shape index (κ2) is 3.42. The first-order chi connectivity index (χ1) is 6.74. The quantitative estimate of drug-likeness (QED) is 0.789. The van der Waals surface area contributed by atoms with E-state index in [1.54, 1.807) is 18.3 Å². The number of rotatable bonds is 1. The van der Waals surface area contributed by atoms with Crippen LogP contribution in [0, 0.1) is 0 Å². The van der Waals surface area contributed by atoms with E-state index in [4.69, 9.17) is 4.74 Å². The van der Waals surface area contributed by atoms with Crippen molar-refractivity contribution < 1.29 is 4.74 Å². The van der Waals surface area contributed by atoms with Gasteiger partial charge in [-0.1, -0.05) is 0 Å². The Balaban J connectivity index is 2.98. The number of pyridine rings is 2. The number of nitrogens with one attached hydrogen (secondary N) is 1. The SMILES string of the molecule is COc1c(Br)[nH]c(=O)c2cccnc12. The van der Waals surface area contributed by atoms with Gasteiger partial charge in [0.05, 0.1) is 12.5 Å². The number of hydrogen-bond donors (Lipinski definition) is 1. The molecule has 0 radical (unpaired) electrons. The molecule has 0 saturated heterocycles. The normalized spacial score (nSPS) is 10.4. The number of halogens is 1. The van der Waals surface area contributed by atoms with Gasteiger partial charge in [-0.2, -0.15) is 0 Å². The molecular weight excluding hydrogens is 248 g/mol. The van der Waals surface area contributed by atoms with Gasteiger partial charge in [-0.15, -0.1) is 0 Å². The molecule has 0 unspecified atom stereocenters. The summed E-state index contributed by atoms with van der Waals surface area (Å²) < 4.78 is 5.64. The molecule has 2 heterocycles. The maximum atomic E-state index is 11.5. The number of hydrogen-bond acceptors (Lipinski definition) is 3. The number of fused-ring (bicyclic) bond motifs is 1. The van der Waals surface area contributed by atoms with Crippen molar-refractivity contribution in [2.75, 3.05) is 7.11 Å². The van der Waals surface area contributed by atoms with Gasteiger partial charge in [0.25, 0.3) is 5.56 Å². The average Bonchev–Trinajstić information content (AvgIpc) is 2.18. The fourth-order valence-electron chi connectivity index (χ4n) is 1.28. The molecule has 0 aliphatic carbocycles. The monoisotopic (exact) mass is 254 g/mol. The average molecular weight is 255 g/mol. The highest BCUT2D eigenvalue weighted by atomic mass is 79.9. The first kappa shape index (κ1) is 9.21. The first-order valence-corrected chi connectivity index (χ1v) is 4.74. The Labute approximate surface area is 88.1 Å². The maximum Gasteiger partial charge on any atom is 0.258 e. The van der Waals surface area contributed by atoms with E-state index in [1.807, 2.05) is 0 Å². The third kappa shape index (κ3) is 1.29. The van der Waals surface area contributed by atoms with Gasteiger partial charge >= 0.3 is 0 Å². The number of aromatic nitrogens is 2. The van der Waals surface area contributed by atoms with Gasteiger partial charge in [0.1, 0.15) is 10.1 Å². The van der Waals surface area contributed by atoms with Crippen molar-refractivity contribution in [1.82, 2.24) is 9.97 Å². The van der Waals surface area contributed by atoms with Crippen LogP contribution in [-0.4, -0.2) is 17.1 Å². The Hall–Kier alpha value is -1.36. The number of H-pyrrole nitrogens is 1. The highest BCUT2D eigenvalue weighted by Crippen LogP contribution is 2.27. The van der Waals surface area contributed by atoms with E-state index in [0.717, 1.165) is 0 Å². The zero-order chi connectivity index (χ0) is 10.1. The molecule has 2 rings (SSSR count). The molecule has 0 aliphatic heterocycles. The second-order valence-electron chi connectivity index (χ2n) is 2.70. The summed E-state index contributed by atoms with van der Waals surface area (Å²) in [5.74, 6) is 0.542. The van der Waals surface area contributed by atoms with Crippen LogP contribution in [0.5, 0.6) is 5.75 Å². The Morgan fingerprint density at radius 3 is 3.07 bits per heavy atom. The van der Waals surface area contributed by atoms with Gasteiger partial charge in [0.2, 0.25) is 0 Å². The second-order valence-corrected chi connectivity index (χ2v) is 3.49. The molecule has 0 saturated carbocycles. The summed E-state index contributed by atoms with van der Waals surface area (Å²) in [7, 11) is 1.53. The zero-order valence-corrected chi connectivity index (χ0v) is 8.96. The van der Waals surface area contributed by atoms with Crippen molar-refractivity contribution in [3.05, 3.63) is 33.3 Å². The fraction of sp³-hybridized carbons (Fsp3) is 0.111. The molecule has 2 aromatic rings. The number of aromatic amines is 1. The van der Waals surface area contributed by atoms with Crippen LogP contribution < -0.4 is 10.3 Å². The molecule has 14 heavy (non-hydrogen) atoms. The van der Waals surface area contributed by atoms with Crippen LogP contribution in [-0.2, 0) is 0 Å². The number of ether oxygens (including phenoxy) is 1. The molecule has 4 nitrogen and oxygen atoms in total. The Bertz CT molecular complexity index is 536. The summed E-state index contributed by atoms with van der Waals surface area (Å²) in [5.41, 5.74) is 0.381. The molecule has 72 valence electrons. The molecular formula is C9H7BrN2O2. The van der Waals surface area contributed by atoms with Gasteiger partial charge in [0, 0.05) is 6.20 Å². The lowest BCUT2D eigenvalue weighted by Gasteiger charge is -2.05. The van der Waals surface area contributed by atoms with E-state index in [1.165, 1.54) is 7.11 Å². The van der Waals surface area contributed by atoms with E-state index in [9.17, 15) is 4.79 Å². The molecule has 0 spiro atoms. The first-order valence-electron chi connectivity index (χ1n) is 3.94. The molecule has 5 heteroatoms. The summed E-state index contributed by atoms with van der Waals surface area (Å²) >= 11 is 3.21. The molecule has 0 aliphatic rings. The van der Waals surface area contributed by atoms with Crippen molar-refractivity contribution in [2.45, 2.75) is 0 Å². The van der Waals surface area contributed by atoms with Crippen molar-refractivity contribution in [1.29, 1.82) is 0 Å². The van der Waals surface area contributed by atoms with E-state index in [0.29, 0.717) is 21.3 Å². The van der Waals surface area contributed by atoms with Gasteiger partial charge in [-0.3, -0.25) is 9.78 Å². The van der Waals surface area contributed by atoms with Crippen LogP contribution in [0.1, 0.15) is 0 Å². The summed E-state index contributed by atoms with van der Waals surface area (Å²) in [5, 5.41) is 0.521. The molecule has 0 aromatic carbocycles. The van der Waals surface area contributed by atoms with Crippen LogP contribution in [0.25, 0.3) is 10.9 Å². The molecule has 1 N–H and O–H groups in total. The molecule has 0 fully saturated rings. The zero-order valence-electron chi connectivity index (χ0n) is 7.37. The van der Waals surface area contributed by atoms with E-state index in [-0.39, 0.29) is 5.56 Å². The number of nitrogens with zero attached hydrogens (tertiary/aromatic N) is 1. The van der Waals surface area contributed by atoms with Gasteiger partial charge in [-0.25, -0.2) is 0 Å². The topological polar surface area (TPSA) is 55.0 Å². The van der Waals surface area contributed by atoms with Crippen LogP contribution in [0.15, 0.2) is 27.7 Å². The standard InChI is InChI=1S/C9H7BrN2O2/c1-14-7-6-5(3-2-4-11-6)9(13)12-8(7)10/h2-4H,1H3,(H,12,13). The predicted octanol–water partition coefficient (Wildman–Crippen LogP) is 1.69. The van der Waals surface area contributed by atoms with Gasteiger partial charge < -0.3 is 9.72 Å². The lowest BCUT2D eigenvalue weighted by atomic mass is 10.2. The summed E-state index contributed by atoms with van der Waals surface area (Å²) in [6, 6.07) is 3.42. The lowest BCUT2D eigenvalue weighted by molar-refractivity contribution is 0.414. The van der Waals surface area contributed by atoms with Gasteiger partial charge in [-0.05, 0) is 28.1 Å². The summed E-state index contributed by atoms with van der Waals surface area (Å²) in [6.45, 7) is 0. The minimum absolute atomic E-state index is 0.180. The van der Waals surface area contributed by atoms with Crippen LogP contribution >= 0.6 is 15.9 Å². The fourth-order valence-corrected chi connectivity index (χ4v) is 1.81. The summed E-state index contributed by atoms with van der Waals surface area (Å²) in [4.78, 5) is 18.2.